The van der Waals surface area contributed by atoms with Crippen molar-refractivity contribution < 1.29 is 19.6 Å². The van der Waals surface area contributed by atoms with E-state index in [4.69, 9.17) is 15.2 Å². The van der Waals surface area contributed by atoms with Gasteiger partial charge < -0.3 is 20.5 Å². The molecule has 27 heavy (non-hydrogen) atoms. The fraction of sp³-hybridized carbons (Fsp3) is 0.682. The maximum absolute atomic E-state index is 10.9. The molecular formula is C22H33N2O3+. The van der Waals surface area contributed by atoms with Gasteiger partial charge in [-0.3, -0.25) is 4.79 Å². The van der Waals surface area contributed by atoms with E-state index >= 15 is 0 Å². The first-order chi connectivity index (χ1) is 13.0. The first-order valence-corrected chi connectivity index (χ1v) is 10.4. The maximum Gasteiger partial charge on any atom is 0.255 e. The van der Waals surface area contributed by atoms with Gasteiger partial charge in [0, 0.05) is 11.0 Å². The molecule has 5 heteroatoms. The number of carbonyl (C=O) groups is 1. The molecule has 5 rings (SSSR count). The zero-order valence-electron chi connectivity index (χ0n) is 16.6. The number of hydrogen-bond donors (Lipinski definition) is 2. The number of amides is 1. The molecule has 0 spiro atoms. The van der Waals surface area contributed by atoms with E-state index in [0.717, 1.165) is 24.3 Å². The number of nitrogens with two attached hydrogens (primary N) is 2. The van der Waals surface area contributed by atoms with Crippen LogP contribution in [0.2, 0.25) is 0 Å². The molecule has 0 aromatic heterocycles. The summed E-state index contributed by atoms with van der Waals surface area (Å²) in [6.45, 7) is 3.25. The second-order valence-corrected chi connectivity index (χ2v) is 9.25. The molecule has 0 unspecified atom stereocenters. The third-order valence-corrected chi connectivity index (χ3v) is 7.36. The number of carbonyl (C=O) groups excluding carboxylic acids is 1. The lowest BCUT2D eigenvalue weighted by atomic mass is 9.48. The molecule has 5 nitrogen and oxygen atoms in total. The smallest absolute Gasteiger partial charge is 0.255 e. The van der Waals surface area contributed by atoms with Crippen LogP contribution in [0.4, 0.5) is 0 Å². The predicted octanol–water partition coefficient (Wildman–Crippen LogP) is 2.23. The Bertz CT molecular complexity index is 668. The number of primary amides is 1. The van der Waals surface area contributed by atoms with Gasteiger partial charge in [0.05, 0.1) is 13.2 Å². The number of rotatable bonds is 8. The lowest BCUT2D eigenvalue weighted by Gasteiger charge is -2.57. The van der Waals surface area contributed by atoms with Crippen molar-refractivity contribution in [3.8, 4) is 11.5 Å². The van der Waals surface area contributed by atoms with E-state index in [-0.39, 0.29) is 6.61 Å². The molecule has 0 heterocycles. The molecule has 4 bridgehead atoms. The molecule has 4 saturated carbocycles. The molecule has 4 fully saturated rings. The zero-order valence-corrected chi connectivity index (χ0v) is 16.6. The summed E-state index contributed by atoms with van der Waals surface area (Å²) in [5.74, 6) is 3.72. The first-order valence-electron chi connectivity index (χ1n) is 10.4. The van der Waals surface area contributed by atoms with Crippen molar-refractivity contribution in [2.45, 2.75) is 58.0 Å². The average molecular weight is 374 g/mol. The van der Waals surface area contributed by atoms with Crippen molar-refractivity contribution in [3.05, 3.63) is 23.8 Å². The number of ether oxygens (including phenoxy) is 2. The van der Waals surface area contributed by atoms with Crippen LogP contribution in [0.25, 0.3) is 0 Å². The molecule has 0 aliphatic heterocycles. The topological polar surface area (TPSA) is 78.2 Å². The third-order valence-electron chi connectivity index (χ3n) is 7.36. The Morgan fingerprint density at radius 2 is 1.81 bits per heavy atom. The lowest BCUT2D eigenvalue weighted by molar-refractivity contribution is -0.717. The average Bonchev–Trinajstić information content (AvgIpc) is 2.63. The fourth-order valence-corrected chi connectivity index (χ4v) is 6.41. The van der Waals surface area contributed by atoms with Gasteiger partial charge in [-0.25, -0.2) is 0 Å². The van der Waals surface area contributed by atoms with Gasteiger partial charge in [-0.05, 0) is 81.4 Å². The highest BCUT2D eigenvalue weighted by atomic mass is 16.5. The Balaban J connectivity index is 1.39. The molecule has 4 aliphatic rings. The van der Waals surface area contributed by atoms with Gasteiger partial charge in [0.1, 0.15) is 6.54 Å². The van der Waals surface area contributed by atoms with Crippen molar-refractivity contribution >= 4 is 5.91 Å². The van der Waals surface area contributed by atoms with Crippen molar-refractivity contribution in [2.24, 2.45) is 28.9 Å². The minimum atomic E-state index is -0.487. The van der Waals surface area contributed by atoms with Gasteiger partial charge in [-0.2, -0.15) is 0 Å². The Kier molecular flexibility index (Phi) is 5.06. The molecule has 1 aromatic rings. The molecule has 0 saturated heterocycles. The van der Waals surface area contributed by atoms with Gasteiger partial charge in [-0.15, -0.1) is 0 Å². The van der Waals surface area contributed by atoms with Gasteiger partial charge in [0.15, 0.2) is 18.1 Å². The number of methoxy groups -OCH3 is 1. The van der Waals surface area contributed by atoms with Crippen LogP contribution in [0.1, 0.15) is 51.0 Å². The summed E-state index contributed by atoms with van der Waals surface area (Å²) in [7, 11) is 1.62. The molecular weight excluding hydrogens is 340 g/mol. The van der Waals surface area contributed by atoms with Crippen LogP contribution in [-0.2, 0) is 11.3 Å². The van der Waals surface area contributed by atoms with E-state index < -0.39 is 5.91 Å². The largest absolute Gasteiger partial charge is 0.493 e. The molecule has 4 aliphatic carbocycles. The van der Waals surface area contributed by atoms with Crippen molar-refractivity contribution in [1.29, 1.82) is 0 Å². The zero-order chi connectivity index (χ0) is 19.0. The highest BCUT2D eigenvalue weighted by molar-refractivity contribution is 5.75. The van der Waals surface area contributed by atoms with Crippen LogP contribution < -0.4 is 20.5 Å². The minimum Gasteiger partial charge on any atom is -0.493 e. The van der Waals surface area contributed by atoms with E-state index in [1.165, 1.54) is 44.1 Å². The van der Waals surface area contributed by atoms with E-state index in [1.807, 2.05) is 12.1 Å². The molecule has 148 valence electrons. The summed E-state index contributed by atoms with van der Waals surface area (Å²) in [5.41, 5.74) is 6.93. The standard InChI is InChI=1S/C22H32N2O3/c1-14(22-9-16-5-17(10-22)7-18(6-16)11-22)24-12-15-3-4-19(20(8-15)26-2)27-13-21(23)25/h3-4,8,14,16-18,24H,5-7,9-13H2,1-2H3,(H2,23,25)/p+1/t14-,16?,17?,18?,22?/m0/s1. The quantitative estimate of drug-likeness (QED) is 0.733. The van der Waals surface area contributed by atoms with E-state index in [2.05, 4.69) is 18.3 Å². The van der Waals surface area contributed by atoms with Gasteiger partial charge >= 0.3 is 0 Å². The number of benzene rings is 1. The molecule has 0 radical (unpaired) electrons. The van der Waals surface area contributed by atoms with Crippen LogP contribution in [0.5, 0.6) is 11.5 Å². The summed E-state index contributed by atoms with van der Waals surface area (Å²) >= 11 is 0. The van der Waals surface area contributed by atoms with E-state index in [0.29, 0.717) is 23.0 Å². The Labute approximate surface area is 162 Å². The summed E-state index contributed by atoms with van der Waals surface area (Å²) in [4.78, 5) is 10.9. The minimum absolute atomic E-state index is 0.134. The number of hydrogen-bond acceptors (Lipinski definition) is 3. The summed E-state index contributed by atoms with van der Waals surface area (Å²) in [5, 5.41) is 2.52. The van der Waals surface area contributed by atoms with E-state index in [9.17, 15) is 4.79 Å². The van der Waals surface area contributed by atoms with Crippen LogP contribution in [0.3, 0.4) is 0 Å². The monoisotopic (exact) mass is 373 g/mol. The van der Waals surface area contributed by atoms with Crippen molar-refractivity contribution in [1.82, 2.24) is 0 Å². The Morgan fingerprint density at radius 3 is 2.37 bits per heavy atom. The second kappa shape index (κ2) is 7.34. The molecule has 4 N–H and O–H groups in total. The third kappa shape index (κ3) is 3.79. The highest BCUT2D eigenvalue weighted by Gasteiger charge is 2.54. The predicted molar refractivity (Wildman–Crippen MR) is 103 cm³/mol. The Morgan fingerprint density at radius 1 is 1.19 bits per heavy atom. The SMILES string of the molecule is COc1cc(C[NH2+][C@@H](C)C23CC4CC(CC(C4)C2)C3)ccc1OCC(N)=O. The summed E-state index contributed by atoms with van der Waals surface area (Å²) in [6, 6.07) is 6.60. The highest BCUT2D eigenvalue weighted by Crippen LogP contribution is 2.60. The molecule has 1 amide bonds. The first kappa shape index (κ1) is 18.6. The molecule has 1 aromatic carbocycles. The summed E-state index contributed by atoms with van der Waals surface area (Å²) in [6.07, 6.45) is 8.82. The Hall–Kier alpha value is -1.75. The number of quaternary nitrogens is 1. The molecule has 1 atom stereocenters. The van der Waals surface area contributed by atoms with Crippen molar-refractivity contribution in [3.63, 3.8) is 0 Å². The van der Waals surface area contributed by atoms with Crippen LogP contribution in [0.15, 0.2) is 18.2 Å². The van der Waals surface area contributed by atoms with Gasteiger partial charge in [-0.1, -0.05) is 0 Å². The van der Waals surface area contributed by atoms with Gasteiger partial charge in [0.2, 0.25) is 0 Å². The summed E-state index contributed by atoms with van der Waals surface area (Å²) < 4.78 is 10.9. The fourth-order valence-electron chi connectivity index (χ4n) is 6.41. The van der Waals surface area contributed by atoms with E-state index in [1.54, 1.807) is 7.11 Å². The normalized spacial score (nSPS) is 32.3. The van der Waals surface area contributed by atoms with Crippen LogP contribution >= 0.6 is 0 Å². The van der Waals surface area contributed by atoms with Gasteiger partial charge in [0.25, 0.3) is 5.91 Å². The lowest BCUT2D eigenvalue weighted by Crippen LogP contribution is -2.91. The second-order valence-electron chi connectivity index (χ2n) is 9.25. The van der Waals surface area contributed by atoms with Crippen molar-refractivity contribution in [2.75, 3.05) is 13.7 Å². The van der Waals surface area contributed by atoms with Crippen LogP contribution in [0, 0.1) is 23.2 Å². The maximum atomic E-state index is 10.9. The van der Waals surface area contributed by atoms with Crippen LogP contribution in [-0.4, -0.2) is 25.7 Å².